The zero-order valence-corrected chi connectivity index (χ0v) is 13.7. The van der Waals surface area contributed by atoms with E-state index in [4.69, 9.17) is 11.0 Å². The fourth-order valence-electron chi connectivity index (χ4n) is 2.80. The normalized spacial score (nSPS) is 10.7. The van der Waals surface area contributed by atoms with Gasteiger partial charge in [0.15, 0.2) is 11.6 Å². The number of hydrogen-bond donors (Lipinski definition) is 2. The number of hydrogen-bond acceptors (Lipinski definition) is 6. The second kappa shape index (κ2) is 6.54. The van der Waals surface area contributed by atoms with E-state index in [9.17, 15) is 0 Å². The molecule has 0 unspecified atom stereocenters. The lowest BCUT2D eigenvalue weighted by Gasteiger charge is -2.19. The monoisotopic (exact) mass is 321 g/mol. The molecule has 0 saturated heterocycles. The van der Waals surface area contributed by atoms with Crippen molar-refractivity contribution in [1.82, 2.24) is 20.4 Å². The summed E-state index contributed by atoms with van der Waals surface area (Å²) in [7, 11) is 2.00. The molecule has 0 aliphatic carbocycles. The van der Waals surface area contributed by atoms with Gasteiger partial charge in [0.25, 0.3) is 0 Å². The second-order valence-corrected chi connectivity index (χ2v) is 5.75. The maximum atomic E-state index is 9.10. The van der Waals surface area contributed by atoms with Crippen molar-refractivity contribution in [2.24, 2.45) is 0 Å². The fourth-order valence-corrected chi connectivity index (χ4v) is 2.80. The molecule has 0 atom stereocenters. The summed E-state index contributed by atoms with van der Waals surface area (Å²) in [6.45, 7) is 2.75. The third-order valence-corrected chi connectivity index (χ3v) is 4.12. The highest BCUT2D eigenvalue weighted by Gasteiger charge is 2.12. The highest BCUT2D eigenvalue weighted by atomic mass is 15.2. The lowest BCUT2D eigenvalue weighted by molar-refractivity contribution is 0.755. The first kappa shape index (κ1) is 15.7. The summed E-state index contributed by atoms with van der Waals surface area (Å²) in [5.74, 6) is 1.12. The number of nitrogens with zero attached hydrogens (tertiary/aromatic N) is 5. The number of aromatic nitrogens is 4. The van der Waals surface area contributed by atoms with Crippen molar-refractivity contribution >= 4 is 22.4 Å². The number of aryl methyl sites for hydroxylation is 2. The van der Waals surface area contributed by atoms with E-state index in [-0.39, 0.29) is 5.82 Å². The van der Waals surface area contributed by atoms with Crippen LogP contribution in [-0.4, -0.2) is 34.0 Å². The van der Waals surface area contributed by atoms with E-state index in [1.54, 1.807) is 0 Å². The van der Waals surface area contributed by atoms with Crippen LogP contribution in [0.2, 0.25) is 0 Å². The summed E-state index contributed by atoms with van der Waals surface area (Å²) >= 11 is 0. The third-order valence-electron chi connectivity index (χ3n) is 4.12. The van der Waals surface area contributed by atoms with Crippen LogP contribution in [0.5, 0.6) is 0 Å². The SMILES string of the molecule is Cc1nnc(N(C)CCCc2[nH]nc(N)c2C#N)c2ccccc12. The number of rotatable bonds is 5. The average molecular weight is 321 g/mol. The van der Waals surface area contributed by atoms with Crippen molar-refractivity contribution in [1.29, 1.82) is 5.26 Å². The Morgan fingerprint density at radius 3 is 2.75 bits per heavy atom. The molecule has 0 aliphatic rings. The predicted octanol–water partition coefficient (Wildman–Crippen LogP) is 2.18. The quantitative estimate of drug-likeness (QED) is 0.746. The summed E-state index contributed by atoms with van der Waals surface area (Å²) < 4.78 is 0. The molecule has 7 heteroatoms. The maximum Gasteiger partial charge on any atom is 0.163 e. The zero-order valence-electron chi connectivity index (χ0n) is 13.7. The standard InChI is InChI=1S/C17H19N7/c1-11-12-6-3-4-7-13(12)17(23-20-11)24(2)9-5-8-15-14(10-18)16(19)22-21-15/h3-4,6-7H,5,8-9H2,1-2H3,(H3,19,21,22). The molecule has 122 valence electrons. The van der Waals surface area contributed by atoms with Crippen LogP contribution in [0.15, 0.2) is 24.3 Å². The van der Waals surface area contributed by atoms with Gasteiger partial charge in [-0.25, -0.2) is 0 Å². The number of anilines is 2. The molecule has 0 bridgehead atoms. The Morgan fingerprint density at radius 2 is 2.00 bits per heavy atom. The molecule has 24 heavy (non-hydrogen) atoms. The lowest BCUT2D eigenvalue weighted by atomic mass is 10.1. The highest BCUT2D eigenvalue weighted by Crippen LogP contribution is 2.25. The van der Waals surface area contributed by atoms with Crippen LogP contribution >= 0.6 is 0 Å². The minimum absolute atomic E-state index is 0.260. The molecule has 2 aromatic heterocycles. The molecule has 3 aromatic rings. The summed E-state index contributed by atoms with van der Waals surface area (Å²) in [4.78, 5) is 2.08. The van der Waals surface area contributed by atoms with Crippen LogP contribution in [-0.2, 0) is 6.42 Å². The molecule has 3 rings (SSSR count). The van der Waals surface area contributed by atoms with E-state index in [1.165, 1.54) is 0 Å². The molecule has 7 nitrogen and oxygen atoms in total. The molecule has 0 radical (unpaired) electrons. The van der Waals surface area contributed by atoms with Gasteiger partial charge in [0, 0.05) is 24.4 Å². The second-order valence-electron chi connectivity index (χ2n) is 5.75. The van der Waals surface area contributed by atoms with E-state index >= 15 is 0 Å². The topological polar surface area (TPSA) is 108 Å². The van der Waals surface area contributed by atoms with Gasteiger partial charge in [-0.15, -0.1) is 5.10 Å². The Hall–Kier alpha value is -3.14. The highest BCUT2D eigenvalue weighted by molar-refractivity contribution is 5.93. The van der Waals surface area contributed by atoms with Gasteiger partial charge in [-0.3, -0.25) is 5.10 Å². The largest absolute Gasteiger partial charge is 0.381 e. The predicted molar refractivity (Wildman–Crippen MR) is 93.6 cm³/mol. The molecular weight excluding hydrogens is 302 g/mol. The van der Waals surface area contributed by atoms with Crippen LogP contribution in [0.4, 0.5) is 11.6 Å². The Labute approximate surface area is 140 Å². The number of H-pyrrole nitrogens is 1. The van der Waals surface area contributed by atoms with Gasteiger partial charge in [-0.2, -0.15) is 15.5 Å². The Balaban J connectivity index is 1.73. The smallest absolute Gasteiger partial charge is 0.163 e. The van der Waals surface area contributed by atoms with Crippen molar-refractivity contribution in [3.63, 3.8) is 0 Å². The van der Waals surface area contributed by atoms with E-state index in [1.807, 2.05) is 26.1 Å². The summed E-state index contributed by atoms with van der Waals surface area (Å²) in [5, 5.41) is 26.6. The van der Waals surface area contributed by atoms with E-state index in [0.717, 1.165) is 40.9 Å². The average Bonchev–Trinajstić information content (AvgIpc) is 2.95. The lowest BCUT2D eigenvalue weighted by Crippen LogP contribution is -2.21. The van der Waals surface area contributed by atoms with E-state index in [0.29, 0.717) is 12.0 Å². The molecule has 3 N–H and O–H groups in total. The molecule has 1 aromatic carbocycles. The van der Waals surface area contributed by atoms with Gasteiger partial charge >= 0.3 is 0 Å². The first-order valence-corrected chi connectivity index (χ1v) is 7.77. The summed E-state index contributed by atoms with van der Waals surface area (Å²) in [5.41, 5.74) is 7.81. The van der Waals surface area contributed by atoms with Gasteiger partial charge in [0.1, 0.15) is 11.6 Å². The third kappa shape index (κ3) is 2.86. The maximum absolute atomic E-state index is 9.10. The van der Waals surface area contributed by atoms with E-state index < -0.39 is 0 Å². The number of nitriles is 1. The Bertz CT molecular complexity index is 907. The van der Waals surface area contributed by atoms with E-state index in [2.05, 4.69) is 43.5 Å². The van der Waals surface area contributed by atoms with Crippen LogP contribution in [0.1, 0.15) is 23.4 Å². The van der Waals surface area contributed by atoms with Crippen molar-refractivity contribution < 1.29 is 0 Å². The van der Waals surface area contributed by atoms with Gasteiger partial charge < -0.3 is 10.6 Å². The molecule has 0 fully saturated rings. The molecule has 2 heterocycles. The van der Waals surface area contributed by atoms with Crippen LogP contribution in [0, 0.1) is 18.3 Å². The zero-order chi connectivity index (χ0) is 17.1. The van der Waals surface area contributed by atoms with Crippen LogP contribution in [0.25, 0.3) is 10.8 Å². The van der Waals surface area contributed by atoms with Crippen molar-refractivity contribution in [3.05, 3.63) is 41.2 Å². The minimum atomic E-state index is 0.260. The number of aromatic amines is 1. The van der Waals surface area contributed by atoms with Gasteiger partial charge in [-0.1, -0.05) is 24.3 Å². The Morgan fingerprint density at radius 1 is 1.25 bits per heavy atom. The molecule has 0 aliphatic heterocycles. The van der Waals surface area contributed by atoms with Crippen molar-refractivity contribution in [2.45, 2.75) is 19.8 Å². The molecule has 0 amide bonds. The summed E-state index contributed by atoms with van der Waals surface area (Å²) in [6, 6.07) is 10.2. The molecule has 0 saturated carbocycles. The van der Waals surface area contributed by atoms with Crippen molar-refractivity contribution in [3.8, 4) is 6.07 Å². The first-order chi connectivity index (χ1) is 11.6. The fraction of sp³-hybridized carbons (Fsp3) is 0.294. The van der Waals surface area contributed by atoms with Crippen LogP contribution < -0.4 is 10.6 Å². The number of nitrogen functional groups attached to an aromatic ring is 1. The molecule has 0 spiro atoms. The summed E-state index contributed by atoms with van der Waals surface area (Å²) in [6.07, 6.45) is 1.55. The van der Waals surface area contributed by atoms with Gasteiger partial charge in [0.05, 0.1) is 11.4 Å². The first-order valence-electron chi connectivity index (χ1n) is 7.77. The van der Waals surface area contributed by atoms with Crippen LogP contribution in [0.3, 0.4) is 0 Å². The van der Waals surface area contributed by atoms with Crippen molar-refractivity contribution in [2.75, 3.05) is 24.2 Å². The number of nitrogens with two attached hydrogens (primary N) is 1. The number of nitrogens with one attached hydrogen (secondary N) is 1. The van der Waals surface area contributed by atoms with Gasteiger partial charge in [0.2, 0.25) is 0 Å². The molecular formula is C17H19N7. The Kier molecular flexibility index (Phi) is 4.29. The number of benzene rings is 1. The minimum Gasteiger partial charge on any atom is -0.381 e. The van der Waals surface area contributed by atoms with Gasteiger partial charge in [-0.05, 0) is 19.8 Å². The number of fused-ring (bicyclic) bond motifs is 1.